The van der Waals surface area contributed by atoms with Gasteiger partial charge < -0.3 is 14.6 Å². The van der Waals surface area contributed by atoms with Crippen LogP contribution in [0, 0.1) is 0 Å². The third-order valence-electron chi connectivity index (χ3n) is 3.62. The predicted molar refractivity (Wildman–Crippen MR) is 65.9 cm³/mol. The Balaban J connectivity index is 2.24. The Bertz CT molecular complexity index is 333. The first kappa shape index (κ1) is 12.4. The van der Waals surface area contributed by atoms with E-state index in [0.29, 0.717) is 0 Å². The molecule has 17 heavy (non-hydrogen) atoms. The number of methoxy groups -OCH3 is 1. The van der Waals surface area contributed by atoms with Crippen molar-refractivity contribution in [1.29, 1.82) is 0 Å². The lowest BCUT2D eigenvalue weighted by molar-refractivity contribution is -0.138. The van der Waals surface area contributed by atoms with Gasteiger partial charge in [-0.15, -0.1) is 0 Å². The molecule has 0 spiro atoms. The summed E-state index contributed by atoms with van der Waals surface area (Å²) in [5.41, 5.74) is 0.853. The van der Waals surface area contributed by atoms with E-state index in [-0.39, 0.29) is 12.4 Å². The van der Waals surface area contributed by atoms with Crippen molar-refractivity contribution in [2.45, 2.75) is 37.7 Å². The summed E-state index contributed by atoms with van der Waals surface area (Å²) < 4.78 is 10.8. The first-order valence-corrected chi connectivity index (χ1v) is 6.20. The van der Waals surface area contributed by atoms with Gasteiger partial charge in [-0.05, 0) is 30.5 Å². The number of aliphatic hydroxyl groups excluding tert-OH is 1. The van der Waals surface area contributed by atoms with E-state index in [4.69, 9.17) is 14.6 Å². The minimum atomic E-state index is -0.292. The summed E-state index contributed by atoms with van der Waals surface area (Å²) in [6.07, 6.45) is 5.55. The number of rotatable bonds is 4. The van der Waals surface area contributed by atoms with E-state index in [1.807, 2.05) is 24.3 Å². The summed E-state index contributed by atoms with van der Waals surface area (Å²) in [5.74, 6) is 0.851. The molecule has 1 fully saturated rings. The van der Waals surface area contributed by atoms with E-state index in [9.17, 15) is 0 Å². The van der Waals surface area contributed by atoms with Gasteiger partial charge in [-0.1, -0.05) is 31.4 Å². The summed E-state index contributed by atoms with van der Waals surface area (Å²) in [4.78, 5) is 0. The first-order chi connectivity index (χ1) is 8.30. The van der Waals surface area contributed by atoms with Crippen molar-refractivity contribution in [2.24, 2.45) is 0 Å². The SMILES string of the molecule is COc1ccc(C2(OCO)CCCCC2)cc1. The van der Waals surface area contributed by atoms with Crippen LogP contribution in [0.4, 0.5) is 0 Å². The first-order valence-electron chi connectivity index (χ1n) is 6.20. The van der Waals surface area contributed by atoms with Gasteiger partial charge >= 0.3 is 0 Å². The number of aliphatic hydroxyl groups is 1. The van der Waals surface area contributed by atoms with Crippen LogP contribution in [0.25, 0.3) is 0 Å². The molecule has 1 aliphatic rings. The standard InChI is InChI=1S/C14H20O3/c1-16-13-7-5-12(6-8-13)14(17-11-15)9-3-2-4-10-14/h5-8,15H,2-4,9-11H2,1H3. The van der Waals surface area contributed by atoms with Crippen LogP contribution in [-0.4, -0.2) is 19.0 Å². The molecule has 2 rings (SSSR count). The van der Waals surface area contributed by atoms with Crippen LogP contribution in [0.5, 0.6) is 5.75 Å². The molecule has 0 aliphatic heterocycles. The lowest BCUT2D eigenvalue weighted by Gasteiger charge is -2.37. The van der Waals surface area contributed by atoms with E-state index >= 15 is 0 Å². The highest BCUT2D eigenvalue weighted by atomic mass is 16.6. The van der Waals surface area contributed by atoms with Gasteiger partial charge in [-0.2, -0.15) is 0 Å². The second-order valence-corrected chi connectivity index (χ2v) is 4.56. The van der Waals surface area contributed by atoms with E-state index in [1.165, 1.54) is 6.42 Å². The summed E-state index contributed by atoms with van der Waals surface area (Å²) in [7, 11) is 1.66. The molecule has 0 saturated heterocycles. The minimum Gasteiger partial charge on any atom is -0.497 e. The number of hydrogen-bond donors (Lipinski definition) is 1. The van der Waals surface area contributed by atoms with Crippen molar-refractivity contribution in [3.05, 3.63) is 29.8 Å². The zero-order chi connectivity index (χ0) is 12.1. The molecular weight excluding hydrogens is 216 g/mol. The van der Waals surface area contributed by atoms with Crippen molar-refractivity contribution in [1.82, 2.24) is 0 Å². The Kier molecular flexibility index (Phi) is 4.02. The summed E-state index contributed by atoms with van der Waals surface area (Å²) in [6, 6.07) is 7.98. The molecule has 94 valence electrons. The normalized spacial score (nSPS) is 18.9. The van der Waals surface area contributed by atoms with Gasteiger partial charge in [-0.3, -0.25) is 0 Å². The van der Waals surface area contributed by atoms with Gasteiger partial charge in [-0.25, -0.2) is 0 Å². The number of ether oxygens (including phenoxy) is 2. The van der Waals surface area contributed by atoms with Crippen LogP contribution in [-0.2, 0) is 10.3 Å². The van der Waals surface area contributed by atoms with Crippen LogP contribution < -0.4 is 4.74 Å². The maximum atomic E-state index is 9.10. The number of hydrogen-bond acceptors (Lipinski definition) is 3. The summed E-state index contributed by atoms with van der Waals surface area (Å²) in [5, 5.41) is 9.10. The average Bonchev–Trinajstić information content (AvgIpc) is 2.40. The van der Waals surface area contributed by atoms with E-state index in [2.05, 4.69) is 0 Å². The number of benzene rings is 1. The molecule has 0 radical (unpaired) electrons. The third-order valence-corrected chi connectivity index (χ3v) is 3.62. The van der Waals surface area contributed by atoms with Crippen molar-refractivity contribution in [2.75, 3.05) is 13.9 Å². The highest BCUT2D eigenvalue weighted by molar-refractivity contribution is 5.31. The van der Waals surface area contributed by atoms with Gasteiger partial charge in [0.25, 0.3) is 0 Å². The molecule has 3 nitrogen and oxygen atoms in total. The fourth-order valence-electron chi connectivity index (χ4n) is 2.66. The Morgan fingerprint density at radius 3 is 2.29 bits per heavy atom. The zero-order valence-corrected chi connectivity index (χ0v) is 10.3. The van der Waals surface area contributed by atoms with Crippen LogP contribution in [0.1, 0.15) is 37.7 Å². The van der Waals surface area contributed by atoms with Gasteiger partial charge in [0.1, 0.15) is 12.5 Å². The van der Waals surface area contributed by atoms with Crippen molar-refractivity contribution < 1.29 is 14.6 Å². The Morgan fingerprint density at radius 1 is 1.12 bits per heavy atom. The Labute approximate surface area is 102 Å². The average molecular weight is 236 g/mol. The van der Waals surface area contributed by atoms with E-state index in [1.54, 1.807) is 7.11 Å². The molecule has 1 N–H and O–H groups in total. The molecule has 0 bridgehead atoms. The predicted octanol–water partition coefficient (Wildman–Crippen LogP) is 2.82. The second kappa shape index (κ2) is 5.52. The maximum Gasteiger partial charge on any atom is 0.144 e. The molecule has 0 unspecified atom stereocenters. The van der Waals surface area contributed by atoms with Gasteiger partial charge in [0.15, 0.2) is 0 Å². The summed E-state index contributed by atoms with van der Waals surface area (Å²) >= 11 is 0. The van der Waals surface area contributed by atoms with Crippen LogP contribution in [0.2, 0.25) is 0 Å². The van der Waals surface area contributed by atoms with Crippen LogP contribution >= 0.6 is 0 Å². The lowest BCUT2D eigenvalue weighted by atomic mass is 9.79. The molecule has 0 amide bonds. The minimum absolute atomic E-state index is 0.216. The molecule has 1 saturated carbocycles. The molecule has 1 aliphatic carbocycles. The molecule has 1 aromatic carbocycles. The largest absolute Gasteiger partial charge is 0.497 e. The highest BCUT2D eigenvalue weighted by Crippen LogP contribution is 2.40. The fourth-order valence-corrected chi connectivity index (χ4v) is 2.66. The smallest absolute Gasteiger partial charge is 0.144 e. The van der Waals surface area contributed by atoms with Gasteiger partial charge in [0, 0.05) is 0 Å². The summed E-state index contributed by atoms with van der Waals surface area (Å²) in [6.45, 7) is -0.216. The van der Waals surface area contributed by atoms with E-state index < -0.39 is 0 Å². The topological polar surface area (TPSA) is 38.7 Å². The van der Waals surface area contributed by atoms with E-state index in [0.717, 1.165) is 37.0 Å². The molecular formula is C14H20O3. The monoisotopic (exact) mass is 236 g/mol. The van der Waals surface area contributed by atoms with Crippen LogP contribution in [0.3, 0.4) is 0 Å². The lowest BCUT2D eigenvalue weighted by Crippen LogP contribution is -2.32. The maximum absolute atomic E-state index is 9.10. The third kappa shape index (κ3) is 2.61. The Morgan fingerprint density at radius 2 is 1.76 bits per heavy atom. The molecule has 0 heterocycles. The molecule has 0 aromatic heterocycles. The fraction of sp³-hybridized carbons (Fsp3) is 0.571. The zero-order valence-electron chi connectivity index (χ0n) is 10.3. The van der Waals surface area contributed by atoms with Gasteiger partial charge in [0.2, 0.25) is 0 Å². The van der Waals surface area contributed by atoms with Crippen molar-refractivity contribution in [3.63, 3.8) is 0 Å². The highest BCUT2D eigenvalue weighted by Gasteiger charge is 2.34. The van der Waals surface area contributed by atoms with Crippen molar-refractivity contribution in [3.8, 4) is 5.75 Å². The van der Waals surface area contributed by atoms with Crippen molar-refractivity contribution >= 4 is 0 Å². The van der Waals surface area contributed by atoms with Gasteiger partial charge in [0.05, 0.1) is 12.7 Å². The van der Waals surface area contributed by atoms with Crippen LogP contribution in [0.15, 0.2) is 24.3 Å². The quantitative estimate of drug-likeness (QED) is 0.817. The molecule has 0 atom stereocenters. The Hall–Kier alpha value is -1.06. The second-order valence-electron chi connectivity index (χ2n) is 4.56. The molecule has 1 aromatic rings. The molecule has 3 heteroatoms.